The molecule has 0 aliphatic carbocycles. The Bertz CT molecular complexity index is 1300. The van der Waals surface area contributed by atoms with Gasteiger partial charge >= 0.3 is 0 Å². The molecule has 0 aromatic heterocycles. The van der Waals surface area contributed by atoms with Gasteiger partial charge in [-0.25, -0.2) is 0 Å². The van der Waals surface area contributed by atoms with E-state index in [9.17, 15) is 9.59 Å². The predicted molar refractivity (Wildman–Crippen MR) is 184 cm³/mol. The van der Waals surface area contributed by atoms with Gasteiger partial charge in [-0.2, -0.15) is 0 Å². The summed E-state index contributed by atoms with van der Waals surface area (Å²) in [6.07, 6.45) is 7.73. The van der Waals surface area contributed by atoms with Gasteiger partial charge in [0, 0.05) is 42.1 Å². The Labute approximate surface area is 269 Å². The summed E-state index contributed by atoms with van der Waals surface area (Å²) >= 11 is 0. The molecule has 2 aromatic carbocycles. The van der Waals surface area contributed by atoms with Crippen LogP contribution in [0.4, 0.5) is 11.4 Å². The zero-order valence-corrected chi connectivity index (χ0v) is 28.3. The maximum absolute atomic E-state index is 12.4. The smallest absolute Gasteiger partial charge is 0.163 e. The summed E-state index contributed by atoms with van der Waals surface area (Å²) in [6.45, 7) is 20.1. The largest absolute Gasteiger partial charge is 0.493 e. The van der Waals surface area contributed by atoms with Crippen LogP contribution in [0.15, 0.2) is 58.6 Å². The van der Waals surface area contributed by atoms with Crippen LogP contribution in [0.3, 0.4) is 0 Å². The maximum Gasteiger partial charge on any atom is 0.163 e. The SMILES string of the molecule is C=C(CC)C[C@H](C)/C=N\c1cc(OCCCOc2cc(/N=C\[C@@H](C)CC(=C)CC)c(C(C)=O)cc2OC)c(OC)cc1C(C)=O. The summed E-state index contributed by atoms with van der Waals surface area (Å²) in [5.74, 6) is 2.01. The number of allylic oxidation sites excluding steroid dienone is 2. The first-order valence-electron chi connectivity index (χ1n) is 15.6. The highest BCUT2D eigenvalue weighted by atomic mass is 16.5. The van der Waals surface area contributed by atoms with E-state index in [1.807, 2.05) is 12.4 Å². The normalized spacial score (nSPS) is 12.6. The summed E-state index contributed by atoms with van der Waals surface area (Å²) < 4.78 is 23.1. The number of hydrogen-bond acceptors (Lipinski definition) is 8. The minimum Gasteiger partial charge on any atom is -0.493 e. The summed E-state index contributed by atoms with van der Waals surface area (Å²) in [5.41, 5.74) is 4.29. The first kappa shape index (κ1) is 37.0. The number of benzene rings is 2. The Morgan fingerprint density at radius 3 is 1.40 bits per heavy atom. The third kappa shape index (κ3) is 11.7. The van der Waals surface area contributed by atoms with E-state index in [0.717, 1.165) is 36.8 Å². The van der Waals surface area contributed by atoms with E-state index in [1.54, 1.807) is 24.3 Å². The summed E-state index contributed by atoms with van der Waals surface area (Å²) in [4.78, 5) is 34.0. The number of hydrogen-bond donors (Lipinski definition) is 0. The lowest BCUT2D eigenvalue weighted by Crippen LogP contribution is -2.07. The van der Waals surface area contributed by atoms with Gasteiger partial charge in [-0.05, 0) is 63.5 Å². The number of ketones is 2. The van der Waals surface area contributed by atoms with Gasteiger partial charge in [0.2, 0.25) is 0 Å². The monoisotopic (exact) mass is 618 g/mol. The fraction of sp³-hybridized carbons (Fsp3) is 0.459. The van der Waals surface area contributed by atoms with Crippen molar-refractivity contribution < 1.29 is 28.5 Å². The molecule has 0 aliphatic heterocycles. The Morgan fingerprint density at radius 2 is 1.09 bits per heavy atom. The molecule has 0 bridgehead atoms. The van der Waals surface area contributed by atoms with Crippen molar-refractivity contribution in [3.05, 3.63) is 59.7 Å². The number of rotatable bonds is 20. The van der Waals surface area contributed by atoms with E-state index in [-0.39, 0.29) is 23.4 Å². The fourth-order valence-electron chi connectivity index (χ4n) is 4.56. The van der Waals surface area contributed by atoms with Crippen molar-refractivity contribution in [2.45, 2.75) is 73.6 Å². The predicted octanol–water partition coefficient (Wildman–Crippen LogP) is 9.35. The zero-order valence-electron chi connectivity index (χ0n) is 28.3. The molecule has 0 fully saturated rings. The lowest BCUT2D eigenvalue weighted by Gasteiger charge is -2.15. The molecule has 0 heterocycles. The standard InChI is InChI=1S/C37H50N2O6/c1-11-24(3)16-26(5)22-38-32-20-36(34(42-9)18-30(32)28(7)40)44-14-13-15-45-37-21-33(31(29(8)41)19-35(37)43-10)39-23-27(6)17-25(4)12-2/h18-23,26-27H,3-4,11-17H2,1-2,5-10H3/b38-22-,39-23-/t26-,27-/m0/s1. The van der Waals surface area contributed by atoms with E-state index in [4.69, 9.17) is 18.9 Å². The van der Waals surface area contributed by atoms with E-state index in [0.29, 0.717) is 65.1 Å². The molecule has 0 saturated carbocycles. The van der Waals surface area contributed by atoms with Crippen LogP contribution in [-0.4, -0.2) is 51.4 Å². The number of ether oxygens (including phenoxy) is 4. The van der Waals surface area contributed by atoms with Crippen molar-refractivity contribution in [3.63, 3.8) is 0 Å². The van der Waals surface area contributed by atoms with Crippen molar-refractivity contribution in [1.82, 2.24) is 0 Å². The Kier molecular flexibility index (Phi) is 15.3. The van der Waals surface area contributed by atoms with Crippen LogP contribution in [0.5, 0.6) is 23.0 Å². The highest BCUT2D eigenvalue weighted by Crippen LogP contribution is 2.37. The number of aliphatic imine (C=N–C) groups is 2. The van der Waals surface area contributed by atoms with Crippen molar-refractivity contribution in [1.29, 1.82) is 0 Å². The maximum atomic E-state index is 12.4. The van der Waals surface area contributed by atoms with Gasteiger partial charge in [0.1, 0.15) is 0 Å². The molecule has 8 nitrogen and oxygen atoms in total. The quantitative estimate of drug-likeness (QED) is 0.0635. The average Bonchev–Trinajstić information content (AvgIpc) is 3.01. The molecule has 45 heavy (non-hydrogen) atoms. The second-order valence-electron chi connectivity index (χ2n) is 11.3. The summed E-state index contributed by atoms with van der Waals surface area (Å²) in [7, 11) is 3.07. The molecule has 244 valence electrons. The first-order chi connectivity index (χ1) is 21.4. The van der Waals surface area contributed by atoms with Crippen LogP contribution in [0.1, 0.15) is 94.4 Å². The zero-order chi connectivity index (χ0) is 33.5. The van der Waals surface area contributed by atoms with E-state index >= 15 is 0 Å². The molecule has 0 saturated heterocycles. The van der Waals surface area contributed by atoms with E-state index in [2.05, 4.69) is 50.8 Å². The van der Waals surface area contributed by atoms with Gasteiger partial charge in [0.15, 0.2) is 34.6 Å². The summed E-state index contributed by atoms with van der Waals surface area (Å²) in [6, 6.07) is 6.80. The van der Waals surface area contributed by atoms with Crippen molar-refractivity contribution >= 4 is 35.4 Å². The first-order valence-corrected chi connectivity index (χ1v) is 15.6. The Hall–Kier alpha value is -4.20. The number of carbonyl (C=O) groups is 2. The highest BCUT2D eigenvalue weighted by molar-refractivity contribution is 6.01. The third-order valence-electron chi connectivity index (χ3n) is 7.28. The number of Topliss-reactive ketones (excluding diaryl/α,β-unsaturated/α-hetero) is 2. The van der Waals surface area contributed by atoms with Crippen LogP contribution in [0, 0.1) is 11.8 Å². The molecule has 0 aliphatic rings. The molecule has 0 N–H and O–H groups in total. The Balaban J connectivity index is 2.17. The molecule has 2 atom stereocenters. The molecule has 2 rings (SSSR count). The Morgan fingerprint density at radius 1 is 0.711 bits per heavy atom. The van der Waals surface area contributed by atoms with Gasteiger partial charge in [-0.1, -0.05) is 52.0 Å². The fourth-order valence-corrected chi connectivity index (χ4v) is 4.56. The molecular formula is C37H50N2O6. The second kappa shape index (κ2) is 18.6. The lowest BCUT2D eigenvalue weighted by molar-refractivity contribution is 0.100. The van der Waals surface area contributed by atoms with E-state index < -0.39 is 0 Å². The molecule has 8 heteroatoms. The van der Waals surface area contributed by atoms with Gasteiger partial charge in [0.05, 0.1) is 38.8 Å². The molecule has 2 aromatic rings. The van der Waals surface area contributed by atoms with Crippen LogP contribution in [0.25, 0.3) is 0 Å². The minimum absolute atomic E-state index is 0.111. The van der Waals surface area contributed by atoms with Gasteiger partial charge < -0.3 is 18.9 Å². The van der Waals surface area contributed by atoms with Crippen molar-refractivity contribution in [3.8, 4) is 23.0 Å². The minimum atomic E-state index is -0.111. The van der Waals surface area contributed by atoms with Crippen molar-refractivity contribution in [2.24, 2.45) is 21.8 Å². The van der Waals surface area contributed by atoms with Crippen LogP contribution >= 0.6 is 0 Å². The molecule has 0 spiro atoms. The average molecular weight is 619 g/mol. The summed E-state index contributed by atoms with van der Waals surface area (Å²) in [5, 5.41) is 0. The van der Waals surface area contributed by atoms with E-state index in [1.165, 1.54) is 28.1 Å². The van der Waals surface area contributed by atoms with Crippen LogP contribution < -0.4 is 18.9 Å². The molecule has 0 radical (unpaired) electrons. The second-order valence-corrected chi connectivity index (χ2v) is 11.3. The third-order valence-corrected chi connectivity index (χ3v) is 7.28. The van der Waals surface area contributed by atoms with Crippen LogP contribution in [-0.2, 0) is 0 Å². The number of methoxy groups -OCH3 is 2. The van der Waals surface area contributed by atoms with Crippen molar-refractivity contribution in [2.75, 3.05) is 27.4 Å². The highest BCUT2D eigenvalue weighted by Gasteiger charge is 2.17. The van der Waals surface area contributed by atoms with Gasteiger partial charge in [-0.15, -0.1) is 0 Å². The molecular weight excluding hydrogens is 568 g/mol. The topological polar surface area (TPSA) is 95.8 Å². The number of nitrogens with zero attached hydrogens (tertiary/aromatic N) is 2. The van der Waals surface area contributed by atoms with Gasteiger partial charge in [-0.3, -0.25) is 19.6 Å². The lowest BCUT2D eigenvalue weighted by atomic mass is 10.0. The molecule has 0 unspecified atom stereocenters. The van der Waals surface area contributed by atoms with Gasteiger partial charge in [0.25, 0.3) is 0 Å². The number of carbonyl (C=O) groups excluding carboxylic acids is 2. The molecule has 0 amide bonds. The van der Waals surface area contributed by atoms with Crippen LogP contribution in [0.2, 0.25) is 0 Å².